The summed E-state index contributed by atoms with van der Waals surface area (Å²) in [5, 5.41) is 16.4. The number of rotatable bonds is 5. The molecule has 0 aromatic rings. The molecule has 0 amide bonds. The lowest BCUT2D eigenvalue weighted by molar-refractivity contribution is -0.139. The average molecular weight is 161 g/mol. The number of nitrogens with two attached hydrogens (primary N) is 1. The molecule has 0 spiro atoms. The van der Waals surface area contributed by atoms with E-state index in [4.69, 9.17) is 15.9 Å². The highest BCUT2D eigenvalue weighted by molar-refractivity contribution is 5.68. The van der Waals surface area contributed by atoms with Crippen LogP contribution in [0.3, 0.4) is 0 Å². The first-order valence-corrected chi connectivity index (χ1v) is 3.21. The van der Waals surface area contributed by atoms with Gasteiger partial charge in [-0.3, -0.25) is 9.59 Å². The van der Waals surface area contributed by atoms with Gasteiger partial charge in [-0.25, -0.2) is 0 Å². The summed E-state index contributed by atoms with van der Waals surface area (Å²) in [6.07, 6.45) is -0.0383. The first kappa shape index (κ1) is 9.90. The van der Waals surface area contributed by atoms with E-state index >= 15 is 0 Å². The minimum Gasteiger partial charge on any atom is -0.481 e. The van der Waals surface area contributed by atoms with Crippen molar-refractivity contribution < 1.29 is 19.8 Å². The van der Waals surface area contributed by atoms with E-state index in [1.807, 2.05) is 0 Å². The largest absolute Gasteiger partial charge is 0.481 e. The number of hydrogen-bond acceptors (Lipinski definition) is 3. The maximum Gasteiger partial charge on any atom is 0.304 e. The Morgan fingerprint density at radius 2 is 1.82 bits per heavy atom. The summed E-state index contributed by atoms with van der Waals surface area (Å²) in [4.78, 5) is 20.0. The SMILES string of the molecule is N[C@@H](CCC(=O)O)CC(=O)O. The predicted octanol–water partition coefficient (Wildman–Crippen LogP) is -0.347. The normalized spacial score (nSPS) is 12.5. The van der Waals surface area contributed by atoms with Crippen LogP contribution < -0.4 is 5.73 Å². The predicted molar refractivity (Wildman–Crippen MR) is 37.1 cm³/mol. The maximum atomic E-state index is 10.0. The molecule has 5 heteroatoms. The zero-order chi connectivity index (χ0) is 8.85. The monoisotopic (exact) mass is 161 g/mol. The van der Waals surface area contributed by atoms with Crippen molar-refractivity contribution in [2.45, 2.75) is 25.3 Å². The summed E-state index contributed by atoms with van der Waals surface area (Å²) >= 11 is 0. The molecule has 0 fully saturated rings. The van der Waals surface area contributed by atoms with Gasteiger partial charge in [0.05, 0.1) is 6.42 Å². The molecule has 0 aromatic carbocycles. The highest BCUT2D eigenvalue weighted by Gasteiger charge is 2.09. The Balaban J connectivity index is 3.44. The molecule has 5 nitrogen and oxygen atoms in total. The van der Waals surface area contributed by atoms with E-state index in [1.165, 1.54) is 0 Å². The van der Waals surface area contributed by atoms with Crippen LogP contribution in [0, 0.1) is 0 Å². The number of carboxylic acids is 2. The van der Waals surface area contributed by atoms with Crippen molar-refractivity contribution in [2.24, 2.45) is 5.73 Å². The molecule has 4 N–H and O–H groups in total. The minimum atomic E-state index is -0.997. The summed E-state index contributed by atoms with van der Waals surface area (Å²) in [5.74, 6) is -1.95. The van der Waals surface area contributed by atoms with Gasteiger partial charge >= 0.3 is 11.9 Å². The third kappa shape index (κ3) is 6.79. The maximum absolute atomic E-state index is 10.0. The molecule has 0 aromatic heterocycles. The third-order valence-electron chi connectivity index (χ3n) is 1.17. The Hall–Kier alpha value is -1.10. The Morgan fingerprint density at radius 3 is 2.18 bits per heavy atom. The molecule has 0 heterocycles. The van der Waals surface area contributed by atoms with Gasteiger partial charge in [0.15, 0.2) is 0 Å². The van der Waals surface area contributed by atoms with Crippen LogP contribution in [-0.2, 0) is 9.59 Å². The van der Waals surface area contributed by atoms with Crippen LogP contribution in [0.25, 0.3) is 0 Å². The Kier molecular flexibility index (Phi) is 4.21. The van der Waals surface area contributed by atoms with Gasteiger partial charge in [0.1, 0.15) is 0 Å². The first-order chi connectivity index (χ1) is 5.02. The molecular formula is C6H11NO4. The number of aliphatic carboxylic acids is 2. The quantitative estimate of drug-likeness (QED) is 0.511. The summed E-state index contributed by atoms with van der Waals surface area (Å²) < 4.78 is 0. The topological polar surface area (TPSA) is 101 Å². The fraction of sp³-hybridized carbons (Fsp3) is 0.667. The Bertz CT molecular complexity index is 157. The van der Waals surface area contributed by atoms with Gasteiger partial charge in [-0.2, -0.15) is 0 Å². The second-order valence-corrected chi connectivity index (χ2v) is 2.29. The average Bonchev–Trinajstić information content (AvgIpc) is 1.82. The zero-order valence-corrected chi connectivity index (χ0v) is 5.99. The van der Waals surface area contributed by atoms with E-state index < -0.39 is 18.0 Å². The number of carboxylic acid groups (broad SMARTS) is 2. The first-order valence-electron chi connectivity index (χ1n) is 3.21. The molecule has 0 saturated heterocycles. The fourth-order valence-corrected chi connectivity index (χ4v) is 0.635. The van der Waals surface area contributed by atoms with E-state index in [0.717, 1.165) is 0 Å². The van der Waals surface area contributed by atoms with Crippen molar-refractivity contribution in [3.8, 4) is 0 Å². The van der Waals surface area contributed by atoms with E-state index in [2.05, 4.69) is 0 Å². The summed E-state index contributed by atoms with van der Waals surface area (Å²) in [6, 6.07) is -0.552. The van der Waals surface area contributed by atoms with Crippen LogP contribution in [0.1, 0.15) is 19.3 Å². The van der Waals surface area contributed by atoms with Gasteiger partial charge in [-0.1, -0.05) is 0 Å². The summed E-state index contributed by atoms with van der Waals surface area (Å²) in [7, 11) is 0. The van der Waals surface area contributed by atoms with E-state index in [1.54, 1.807) is 0 Å². The van der Waals surface area contributed by atoms with Crippen LogP contribution in [-0.4, -0.2) is 28.2 Å². The van der Waals surface area contributed by atoms with Gasteiger partial charge < -0.3 is 15.9 Å². The lowest BCUT2D eigenvalue weighted by atomic mass is 10.1. The highest BCUT2D eigenvalue weighted by atomic mass is 16.4. The second-order valence-electron chi connectivity index (χ2n) is 2.29. The van der Waals surface area contributed by atoms with Crippen LogP contribution in [0.4, 0.5) is 0 Å². The molecule has 0 aliphatic heterocycles. The zero-order valence-electron chi connectivity index (χ0n) is 5.99. The van der Waals surface area contributed by atoms with Crippen molar-refractivity contribution in [2.75, 3.05) is 0 Å². The van der Waals surface area contributed by atoms with Gasteiger partial charge in [-0.15, -0.1) is 0 Å². The van der Waals surface area contributed by atoms with Gasteiger partial charge in [0.2, 0.25) is 0 Å². The number of hydrogen-bond donors (Lipinski definition) is 3. The van der Waals surface area contributed by atoms with Crippen molar-refractivity contribution >= 4 is 11.9 Å². The van der Waals surface area contributed by atoms with Crippen molar-refractivity contribution in [1.82, 2.24) is 0 Å². The van der Waals surface area contributed by atoms with Crippen LogP contribution in [0.15, 0.2) is 0 Å². The van der Waals surface area contributed by atoms with Crippen LogP contribution in [0.2, 0.25) is 0 Å². The van der Waals surface area contributed by atoms with Crippen molar-refractivity contribution in [3.63, 3.8) is 0 Å². The highest BCUT2D eigenvalue weighted by Crippen LogP contribution is 1.98. The molecule has 1 atom stereocenters. The molecule has 0 aliphatic rings. The summed E-state index contributed by atoms with van der Waals surface area (Å²) in [5.41, 5.74) is 5.28. The summed E-state index contributed by atoms with van der Waals surface area (Å²) in [6.45, 7) is 0. The molecule has 11 heavy (non-hydrogen) atoms. The van der Waals surface area contributed by atoms with Crippen LogP contribution >= 0.6 is 0 Å². The third-order valence-corrected chi connectivity index (χ3v) is 1.17. The fourth-order valence-electron chi connectivity index (χ4n) is 0.635. The standard InChI is InChI=1S/C6H11NO4/c7-4(3-6(10)11)1-2-5(8)9/h4H,1-3,7H2,(H,8,9)(H,10,11)/t4-/m0/s1. The molecule has 0 saturated carbocycles. The van der Waals surface area contributed by atoms with E-state index in [0.29, 0.717) is 0 Å². The van der Waals surface area contributed by atoms with Gasteiger partial charge in [0.25, 0.3) is 0 Å². The molecule has 64 valence electrons. The Morgan fingerprint density at radius 1 is 1.27 bits per heavy atom. The molecule has 0 aliphatic carbocycles. The lowest BCUT2D eigenvalue weighted by Gasteiger charge is -2.04. The van der Waals surface area contributed by atoms with Crippen molar-refractivity contribution in [3.05, 3.63) is 0 Å². The van der Waals surface area contributed by atoms with Crippen LogP contribution in [0.5, 0.6) is 0 Å². The molecule has 0 rings (SSSR count). The smallest absolute Gasteiger partial charge is 0.304 e. The lowest BCUT2D eigenvalue weighted by Crippen LogP contribution is -2.24. The molecule has 0 radical (unpaired) electrons. The van der Waals surface area contributed by atoms with E-state index in [-0.39, 0.29) is 19.3 Å². The number of carbonyl (C=O) groups is 2. The van der Waals surface area contributed by atoms with Crippen molar-refractivity contribution in [1.29, 1.82) is 0 Å². The molecule has 0 unspecified atom stereocenters. The second kappa shape index (κ2) is 4.68. The van der Waals surface area contributed by atoms with Gasteiger partial charge in [0, 0.05) is 12.5 Å². The molecular weight excluding hydrogens is 150 g/mol. The Labute approximate surface area is 63.8 Å². The molecule has 0 bridgehead atoms. The van der Waals surface area contributed by atoms with E-state index in [9.17, 15) is 9.59 Å². The van der Waals surface area contributed by atoms with Gasteiger partial charge in [-0.05, 0) is 6.42 Å². The minimum absolute atomic E-state index is 0.0750.